The van der Waals surface area contributed by atoms with Gasteiger partial charge in [-0.1, -0.05) is 19.9 Å². The lowest BCUT2D eigenvalue weighted by atomic mass is 10.1. The number of nitrogens with one attached hydrogen (secondary N) is 2. The molecule has 0 aliphatic rings. The van der Waals surface area contributed by atoms with E-state index in [9.17, 15) is 18.0 Å². The van der Waals surface area contributed by atoms with E-state index in [2.05, 4.69) is 44.4 Å². The lowest BCUT2D eigenvalue weighted by molar-refractivity contribution is -0.137. The molecule has 0 spiro atoms. The zero-order valence-corrected chi connectivity index (χ0v) is 23.4. The Morgan fingerprint density at radius 3 is 2.43 bits per heavy atom. The Kier molecular flexibility index (Phi) is 7.75. The van der Waals surface area contributed by atoms with Gasteiger partial charge in [0.1, 0.15) is 0 Å². The number of imidazole rings is 1. The minimum atomic E-state index is -4.60. The van der Waals surface area contributed by atoms with E-state index < -0.39 is 17.6 Å². The number of hydrogen-bond acceptors (Lipinski definition) is 6. The molecular weight excluding hydrogens is 543 g/mol. The molecule has 0 aliphatic heterocycles. The molecule has 0 bridgehead atoms. The molecule has 0 aliphatic carbocycles. The summed E-state index contributed by atoms with van der Waals surface area (Å²) in [4.78, 5) is 30.7. The fourth-order valence-corrected chi connectivity index (χ4v) is 4.26. The Bertz CT molecular complexity index is 1740. The van der Waals surface area contributed by atoms with E-state index in [0.717, 1.165) is 29.0 Å². The van der Waals surface area contributed by atoms with Crippen LogP contribution < -0.4 is 10.6 Å². The molecule has 11 heteroatoms. The van der Waals surface area contributed by atoms with Crippen molar-refractivity contribution in [2.75, 3.05) is 10.6 Å². The lowest BCUT2D eigenvalue weighted by Crippen LogP contribution is -2.14. The largest absolute Gasteiger partial charge is 0.416 e. The van der Waals surface area contributed by atoms with Crippen LogP contribution in [-0.4, -0.2) is 30.4 Å². The molecule has 0 saturated carbocycles. The van der Waals surface area contributed by atoms with Gasteiger partial charge >= 0.3 is 6.18 Å². The smallest absolute Gasteiger partial charge is 0.324 e. The van der Waals surface area contributed by atoms with Crippen molar-refractivity contribution in [2.45, 2.75) is 39.8 Å². The minimum Gasteiger partial charge on any atom is -0.324 e. The third-order valence-corrected chi connectivity index (χ3v) is 6.59. The number of hydrogen-bond donors (Lipinski definition) is 2. The van der Waals surface area contributed by atoms with Gasteiger partial charge < -0.3 is 15.2 Å². The van der Waals surface area contributed by atoms with Crippen molar-refractivity contribution in [1.29, 1.82) is 0 Å². The Balaban J connectivity index is 1.38. The van der Waals surface area contributed by atoms with Crippen molar-refractivity contribution in [1.82, 2.24) is 24.5 Å². The number of anilines is 3. The Morgan fingerprint density at radius 2 is 1.76 bits per heavy atom. The molecule has 3 heterocycles. The summed E-state index contributed by atoms with van der Waals surface area (Å²) in [7, 11) is 0. The highest BCUT2D eigenvalue weighted by molar-refractivity contribution is 6.05. The van der Waals surface area contributed by atoms with E-state index >= 15 is 0 Å². The molecule has 8 nitrogen and oxygen atoms in total. The van der Waals surface area contributed by atoms with E-state index in [0.29, 0.717) is 28.9 Å². The van der Waals surface area contributed by atoms with Gasteiger partial charge in [0.25, 0.3) is 5.91 Å². The van der Waals surface area contributed by atoms with Crippen molar-refractivity contribution in [3.8, 4) is 16.9 Å². The third kappa shape index (κ3) is 6.46. The van der Waals surface area contributed by atoms with Gasteiger partial charge in [-0.2, -0.15) is 13.2 Å². The molecule has 5 aromatic rings. The van der Waals surface area contributed by atoms with Gasteiger partial charge in [-0.05, 0) is 73.9 Å². The molecule has 0 atom stereocenters. The number of rotatable bonds is 7. The number of carbonyl (C=O) groups is 1. The maximum atomic E-state index is 13.7. The first-order valence-corrected chi connectivity index (χ1v) is 13.2. The summed E-state index contributed by atoms with van der Waals surface area (Å²) in [6.45, 7) is 7.74. The average Bonchev–Trinajstić information content (AvgIpc) is 3.40. The van der Waals surface area contributed by atoms with Crippen LogP contribution in [0.25, 0.3) is 16.9 Å². The maximum Gasteiger partial charge on any atom is 0.416 e. The molecule has 3 aromatic heterocycles. The SMILES string of the molecule is Cc1cn(-c2cc(NC(=O)c3ccc(C)c(Nc4nccc(-c5ccc(C(C)C)nc5)n4)c3)cc(C(F)(F)F)c2)cn1. The fraction of sp³-hybridized carbons (Fsp3) is 0.194. The predicted octanol–water partition coefficient (Wildman–Crippen LogP) is 7.48. The van der Waals surface area contributed by atoms with Crippen LogP contribution in [0.15, 0.2) is 79.5 Å². The van der Waals surface area contributed by atoms with Crippen LogP contribution in [0.5, 0.6) is 0 Å². The number of halogens is 3. The van der Waals surface area contributed by atoms with E-state index in [1.54, 1.807) is 49.8 Å². The van der Waals surface area contributed by atoms with Gasteiger partial charge in [0.05, 0.1) is 23.3 Å². The number of aromatic nitrogens is 5. The van der Waals surface area contributed by atoms with Crippen LogP contribution in [0.3, 0.4) is 0 Å². The Hall–Kier alpha value is -5.06. The topological polar surface area (TPSA) is 97.6 Å². The normalized spacial score (nSPS) is 11.5. The molecule has 0 radical (unpaired) electrons. The predicted molar refractivity (Wildman–Crippen MR) is 155 cm³/mol. The summed E-state index contributed by atoms with van der Waals surface area (Å²) in [5.41, 5.74) is 4.10. The average molecular weight is 572 g/mol. The Labute approximate surface area is 240 Å². The van der Waals surface area contributed by atoms with E-state index in [-0.39, 0.29) is 16.9 Å². The molecule has 2 N–H and O–H groups in total. The second-order valence-corrected chi connectivity index (χ2v) is 10.2. The fourth-order valence-electron chi connectivity index (χ4n) is 4.26. The number of carbonyl (C=O) groups excluding carboxylic acids is 1. The molecule has 0 saturated heterocycles. The highest BCUT2D eigenvalue weighted by atomic mass is 19.4. The number of aryl methyl sites for hydroxylation is 2. The number of alkyl halides is 3. The highest BCUT2D eigenvalue weighted by Crippen LogP contribution is 2.33. The van der Waals surface area contributed by atoms with E-state index in [1.807, 2.05) is 19.1 Å². The molecule has 42 heavy (non-hydrogen) atoms. The standard InChI is InChI=1S/C31H28F3N7O/c1-18(2)26-8-7-22(15-36-26)27-9-10-35-30(39-27)40-28-11-21(6-5-19(28)3)29(42)38-24-12-23(31(32,33)34)13-25(14-24)41-16-20(4)37-17-41/h5-18H,1-4H3,(H,38,42)(H,35,39,40). The van der Waals surface area contributed by atoms with Crippen LogP contribution in [0.4, 0.5) is 30.5 Å². The summed E-state index contributed by atoms with van der Waals surface area (Å²) in [5.74, 6) is 0.0565. The van der Waals surface area contributed by atoms with Crippen molar-refractivity contribution < 1.29 is 18.0 Å². The van der Waals surface area contributed by atoms with Gasteiger partial charge in [0, 0.05) is 52.5 Å². The maximum absolute atomic E-state index is 13.7. The summed E-state index contributed by atoms with van der Waals surface area (Å²) >= 11 is 0. The quantitative estimate of drug-likeness (QED) is 0.210. The van der Waals surface area contributed by atoms with Crippen LogP contribution in [0.1, 0.15) is 52.6 Å². The van der Waals surface area contributed by atoms with Crippen LogP contribution in [0, 0.1) is 13.8 Å². The zero-order chi connectivity index (χ0) is 30.0. The Morgan fingerprint density at radius 1 is 0.952 bits per heavy atom. The second kappa shape index (κ2) is 11.4. The second-order valence-electron chi connectivity index (χ2n) is 10.2. The summed E-state index contributed by atoms with van der Waals surface area (Å²) in [6.07, 6.45) is 1.81. The third-order valence-electron chi connectivity index (χ3n) is 6.59. The summed E-state index contributed by atoms with van der Waals surface area (Å²) in [6, 6.07) is 14.0. The van der Waals surface area contributed by atoms with Gasteiger partial charge in [-0.25, -0.2) is 15.0 Å². The van der Waals surface area contributed by atoms with Crippen LogP contribution >= 0.6 is 0 Å². The summed E-state index contributed by atoms with van der Waals surface area (Å²) in [5, 5.41) is 5.75. The number of pyridine rings is 1. The minimum absolute atomic E-state index is 0.000563. The lowest BCUT2D eigenvalue weighted by Gasteiger charge is -2.14. The molecule has 2 aromatic carbocycles. The van der Waals surface area contributed by atoms with Crippen molar-refractivity contribution >= 4 is 23.2 Å². The zero-order valence-electron chi connectivity index (χ0n) is 23.4. The molecule has 214 valence electrons. The first kappa shape index (κ1) is 28.5. The van der Waals surface area contributed by atoms with Gasteiger partial charge in [0.2, 0.25) is 5.95 Å². The van der Waals surface area contributed by atoms with Crippen molar-refractivity contribution in [3.05, 3.63) is 108 Å². The number of amides is 1. The van der Waals surface area contributed by atoms with Crippen molar-refractivity contribution in [3.63, 3.8) is 0 Å². The molecule has 0 fully saturated rings. The van der Waals surface area contributed by atoms with Gasteiger partial charge in [0.15, 0.2) is 0 Å². The van der Waals surface area contributed by atoms with Gasteiger partial charge in [-0.15, -0.1) is 0 Å². The number of nitrogens with zero attached hydrogens (tertiary/aromatic N) is 5. The molecule has 5 rings (SSSR count). The molecule has 0 unspecified atom stereocenters. The molecule has 1 amide bonds. The van der Waals surface area contributed by atoms with E-state index in [1.165, 1.54) is 17.0 Å². The van der Waals surface area contributed by atoms with Crippen molar-refractivity contribution in [2.24, 2.45) is 0 Å². The number of benzene rings is 2. The first-order chi connectivity index (χ1) is 20.0. The summed E-state index contributed by atoms with van der Waals surface area (Å²) < 4.78 is 42.4. The molecular formula is C31H28F3N7O. The van der Waals surface area contributed by atoms with Crippen LogP contribution in [-0.2, 0) is 6.18 Å². The first-order valence-electron chi connectivity index (χ1n) is 13.2. The highest BCUT2D eigenvalue weighted by Gasteiger charge is 2.31. The van der Waals surface area contributed by atoms with Crippen LogP contribution in [0.2, 0.25) is 0 Å². The van der Waals surface area contributed by atoms with Gasteiger partial charge in [-0.3, -0.25) is 9.78 Å². The monoisotopic (exact) mass is 571 g/mol. The van der Waals surface area contributed by atoms with E-state index in [4.69, 9.17) is 0 Å².